The van der Waals surface area contributed by atoms with E-state index in [9.17, 15) is 9.59 Å². The van der Waals surface area contributed by atoms with E-state index in [-0.39, 0.29) is 18.2 Å². The Morgan fingerprint density at radius 1 is 0.900 bits per heavy atom. The lowest BCUT2D eigenvalue weighted by Crippen LogP contribution is -2.29. The molecule has 1 unspecified atom stereocenters. The van der Waals surface area contributed by atoms with Crippen molar-refractivity contribution in [3.8, 4) is 17.2 Å². The predicted molar refractivity (Wildman–Crippen MR) is 114 cm³/mol. The van der Waals surface area contributed by atoms with Crippen molar-refractivity contribution in [1.29, 1.82) is 0 Å². The van der Waals surface area contributed by atoms with E-state index in [2.05, 4.69) is 15.6 Å². The maximum Gasteiger partial charge on any atom is 0.226 e. The van der Waals surface area contributed by atoms with Gasteiger partial charge in [0.1, 0.15) is 17.2 Å². The molecule has 0 aliphatic carbocycles. The van der Waals surface area contributed by atoms with Crippen molar-refractivity contribution in [1.82, 2.24) is 10.3 Å². The highest BCUT2D eigenvalue weighted by Crippen LogP contribution is 2.24. The fourth-order valence-corrected chi connectivity index (χ4v) is 2.88. The quantitative estimate of drug-likeness (QED) is 0.589. The minimum Gasteiger partial charge on any atom is -0.497 e. The van der Waals surface area contributed by atoms with Crippen molar-refractivity contribution < 1.29 is 19.1 Å². The van der Waals surface area contributed by atoms with Gasteiger partial charge in [0.15, 0.2) is 0 Å². The topological polar surface area (TPSA) is 89.6 Å². The molecule has 0 saturated carbocycles. The summed E-state index contributed by atoms with van der Waals surface area (Å²) >= 11 is 0. The van der Waals surface area contributed by atoms with Crippen LogP contribution < -0.4 is 20.1 Å². The first-order valence-electron chi connectivity index (χ1n) is 9.42. The van der Waals surface area contributed by atoms with Gasteiger partial charge in [-0.2, -0.15) is 0 Å². The number of hydrogen-bond donors (Lipinski definition) is 2. The fourth-order valence-electron chi connectivity index (χ4n) is 2.88. The Hall–Kier alpha value is -3.87. The summed E-state index contributed by atoms with van der Waals surface area (Å²) in [5.74, 6) is 1.61. The van der Waals surface area contributed by atoms with Crippen molar-refractivity contribution in [3.05, 3.63) is 78.6 Å². The summed E-state index contributed by atoms with van der Waals surface area (Å²) in [7, 11) is 1.58. The predicted octanol–water partition coefficient (Wildman–Crippen LogP) is 4.09. The molecule has 2 amide bonds. The van der Waals surface area contributed by atoms with Crippen LogP contribution in [0.3, 0.4) is 0 Å². The maximum atomic E-state index is 12.6. The molecule has 3 rings (SSSR count). The SMILES string of the molecule is COc1ccc(C(CC(=O)Nc2ccc(Oc3ccncc3)cc2)NC(C)=O)cc1. The second kappa shape index (κ2) is 10.1. The third kappa shape index (κ3) is 6.07. The minimum atomic E-state index is -0.442. The van der Waals surface area contributed by atoms with Gasteiger partial charge < -0.3 is 20.1 Å². The Balaban J connectivity index is 1.62. The highest BCUT2D eigenvalue weighted by Gasteiger charge is 2.17. The van der Waals surface area contributed by atoms with Gasteiger partial charge in [0, 0.05) is 25.0 Å². The first kappa shape index (κ1) is 20.9. The molecule has 30 heavy (non-hydrogen) atoms. The van der Waals surface area contributed by atoms with Crippen molar-refractivity contribution in [2.45, 2.75) is 19.4 Å². The summed E-state index contributed by atoms with van der Waals surface area (Å²) in [4.78, 5) is 28.1. The number of aromatic nitrogens is 1. The molecule has 2 aromatic carbocycles. The number of carbonyl (C=O) groups is 2. The molecule has 1 atom stereocenters. The summed E-state index contributed by atoms with van der Waals surface area (Å²) < 4.78 is 10.9. The van der Waals surface area contributed by atoms with Crippen LogP contribution in [0.5, 0.6) is 17.2 Å². The van der Waals surface area contributed by atoms with Gasteiger partial charge in [-0.15, -0.1) is 0 Å². The van der Waals surface area contributed by atoms with Crippen molar-refractivity contribution in [3.63, 3.8) is 0 Å². The number of anilines is 1. The number of nitrogens with one attached hydrogen (secondary N) is 2. The van der Waals surface area contributed by atoms with E-state index in [1.54, 1.807) is 68.0 Å². The molecule has 0 radical (unpaired) electrons. The molecule has 0 saturated heterocycles. The smallest absolute Gasteiger partial charge is 0.226 e. The van der Waals surface area contributed by atoms with Crippen LogP contribution in [-0.2, 0) is 9.59 Å². The first-order valence-corrected chi connectivity index (χ1v) is 9.42. The van der Waals surface area contributed by atoms with Gasteiger partial charge in [0.2, 0.25) is 11.8 Å². The molecule has 2 N–H and O–H groups in total. The molecule has 7 nitrogen and oxygen atoms in total. The van der Waals surface area contributed by atoms with Crippen molar-refractivity contribution in [2.24, 2.45) is 0 Å². The molecule has 154 valence electrons. The highest BCUT2D eigenvalue weighted by atomic mass is 16.5. The average Bonchev–Trinajstić information content (AvgIpc) is 2.75. The Kier molecular flexibility index (Phi) is 7.00. The number of amides is 2. The number of methoxy groups -OCH3 is 1. The summed E-state index contributed by atoms with van der Waals surface area (Å²) in [5.41, 5.74) is 1.46. The summed E-state index contributed by atoms with van der Waals surface area (Å²) in [6.07, 6.45) is 3.40. The van der Waals surface area contributed by atoms with Gasteiger partial charge in [0.05, 0.1) is 19.6 Å². The van der Waals surface area contributed by atoms with Gasteiger partial charge in [-0.1, -0.05) is 12.1 Å². The van der Waals surface area contributed by atoms with Crippen molar-refractivity contribution in [2.75, 3.05) is 12.4 Å². The molecule has 0 aliphatic rings. The monoisotopic (exact) mass is 405 g/mol. The molecule has 1 aromatic heterocycles. The van der Waals surface area contributed by atoms with Crippen LogP contribution in [0.1, 0.15) is 24.9 Å². The number of nitrogens with zero attached hydrogens (tertiary/aromatic N) is 1. The number of hydrogen-bond acceptors (Lipinski definition) is 5. The number of benzene rings is 2. The van der Waals surface area contributed by atoms with Gasteiger partial charge in [-0.05, 0) is 54.1 Å². The number of rotatable bonds is 8. The van der Waals surface area contributed by atoms with Crippen LogP contribution in [0.15, 0.2) is 73.1 Å². The summed E-state index contributed by atoms with van der Waals surface area (Å²) in [6, 6.07) is 17.4. The molecule has 0 fully saturated rings. The molecular weight excluding hydrogens is 382 g/mol. The Bertz CT molecular complexity index is 974. The largest absolute Gasteiger partial charge is 0.497 e. The van der Waals surface area contributed by atoms with E-state index in [4.69, 9.17) is 9.47 Å². The zero-order chi connectivity index (χ0) is 21.3. The maximum absolute atomic E-state index is 12.6. The van der Waals surface area contributed by atoms with Gasteiger partial charge in [-0.3, -0.25) is 14.6 Å². The first-order chi connectivity index (χ1) is 14.5. The van der Waals surface area contributed by atoms with Gasteiger partial charge >= 0.3 is 0 Å². The van der Waals surface area contributed by atoms with Crippen LogP contribution in [0.2, 0.25) is 0 Å². The fraction of sp³-hybridized carbons (Fsp3) is 0.174. The standard InChI is InChI=1S/C23H23N3O4/c1-16(27)25-22(17-3-7-19(29-2)8-4-17)15-23(28)26-18-5-9-20(10-6-18)30-21-11-13-24-14-12-21/h3-14,22H,15H2,1-2H3,(H,25,27)(H,26,28). The Morgan fingerprint density at radius 2 is 1.50 bits per heavy atom. The van der Waals surface area contributed by atoms with E-state index in [1.165, 1.54) is 6.92 Å². The lowest BCUT2D eigenvalue weighted by molar-refractivity contribution is -0.120. The molecule has 7 heteroatoms. The van der Waals surface area contributed by atoms with Crippen LogP contribution in [0.25, 0.3) is 0 Å². The number of ether oxygens (including phenoxy) is 2. The molecular formula is C23H23N3O4. The third-order valence-electron chi connectivity index (χ3n) is 4.31. The van der Waals surface area contributed by atoms with Crippen molar-refractivity contribution >= 4 is 17.5 Å². The number of pyridine rings is 1. The normalized spacial score (nSPS) is 11.3. The highest BCUT2D eigenvalue weighted by molar-refractivity contribution is 5.91. The van der Waals surface area contributed by atoms with E-state index >= 15 is 0 Å². The molecule has 0 spiro atoms. The zero-order valence-corrected chi connectivity index (χ0v) is 16.8. The lowest BCUT2D eigenvalue weighted by Gasteiger charge is -2.18. The zero-order valence-electron chi connectivity index (χ0n) is 16.8. The van der Waals surface area contributed by atoms with Crippen LogP contribution in [0.4, 0.5) is 5.69 Å². The van der Waals surface area contributed by atoms with E-state index in [1.807, 2.05) is 12.1 Å². The molecule has 0 bridgehead atoms. The Labute approximate surface area is 175 Å². The summed E-state index contributed by atoms with van der Waals surface area (Å²) in [6.45, 7) is 1.43. The molecule has 3 aromatic rings. The van der Waals surface area contributed by atoms with Crippen LogP contribution in [-0.4, -0.2) is 23.9 Å². The van der Waals surface area contributed by atoms with Gasteiger partial charge in [0.25, 0.3) is 0 Å². The van der Waals surface area contributed by atoms with Crippen LogP contribution in [0, 0.1) is 0 Å². The second-order valence-corrected chi connectivity index (χ2v) is 6.59. The Morgan fingerprint density at radius 3 is 2.10 bits per heavy atom. The average molecular weight is 405 g/mol. The lowest BCUT2D eigenvalue weighted by atomic mass is 10.0. The van der Waals surface area contributed by atoms with E-state index in [0.717, 1.165) is 5.56 Å². The molecule has 1 heterocycles. The second-order valence-electron chi connectivity index (χ2n) is 6.59. The molecule has 0 aliphatic heterocycles. The minimum absolute atomic E-state index is 0.0984. The van der Waals surface area contributed by atoms with Gasteiger partial charge in [-0.25, -0.2) is 0 Å². The van der Waals surface area contributed by atoms with E-state index < -0.39 is 6.04 Å². The third-order valence-corrected chi connectivity index (χ3v) is 4.31. The summed E-state index contributed by atoms with van der Waals surface area (Å²) in [5, 5.41) is 5.67. The number of carbonyl (C=O) groups excluding carboxylic acids is 2. The van der Waals surface area contributed by atoms with E-state index in [0.29, 0.717) is 22.9 Å². The van der Waals surface area contributed by atoms with Crippen LogP contribution >= 0.6 is 0 Å².